The molecular formula is C10H19NO. The van der Waals surface area contributed by atoms with E-state index in [0.29, 0.717) is 0 Å². The minimum Gasteiger partial charge on any atom is -0.470 e. The molecule has 0 heterocycles. The predicted molar refractivity (Wildman–Crippen MR) is 52.6 cm³/mol. The number of nitrogens with two attached hydrogens (primary N) is 1. The Hall–Kier alpha value is -0.760. The molecule has 0 atom stereocenters. The van der Waals surface area contributed by atoms with E-state index in [2.05, 4.69) is 13.8 Å². The summed E-state index contributed by atoms with van der Waals surface area (Å²) >= 11 is 0. The van der Waals surface area contributed by atoms with Gasteiger partial charge in [0.15, 0.2) is 0 Å². The lowest BCUT2D eigenvalue weighted by Crippen LogP contribution is -2.00. The van der Waals surface area contributed by atoms with Crippen molar-refractivity contribution >= 4 is 0 Å². The Bertz CT molecular complexity index is 167. The highest BCUT2D eigenvalue weighted by atomic mass is 16.5. The average molecular weight is 169 g/mol. The standard InChI is InChI=1S/C10H19NO/c1-4-8-12-10(9(2)3)6-5-7-11/h4,8H,5-7,11H2,1-3H3/b8-4-. The first-order chi connectivity index (χ1) is 5.72. The maximum atomic E-state index is 5.41. The molecule has 2 heteroatoms. The molecule has 0 aromatic carbocycles. The quantitative estimate of drug-likeness (QED) is 0.642. The van der Waals surface area contributed by atoms with E-state index in [1.54, 1.807) is 6.26 Å². The lowest BCUT2D eigenvalue weighted by Gasteiger charge is -2.07. The summed E-state index contributed by atoms with van der Waals surface area (Å²) in [4.78, 5) is 0. The van der Waals surface area contributed by atoms with E-state index in [-0.39, 0.29) is 0 Å². The van der Waals surface area contributed by atoms with Gasteiger partial charge in [-0.2, -0.15) is 0 Å². The lowest BCUT2D eigenvalue weighted by molar-refractivity contribution is 0.325. The molecule has 2 N–H and O–H groups in total. The van der Waals surface area contributed by atoms with Crippen LogP contribution in [0.2, 0.25) is 0 Å². The van der Waals surface area contributed by atoms with Crippen LogP contribution < -0.4 is 5.73 Å². The molecule has 0 saturated heterocycles. The van der Waals surface area contributed by atoms with Gasteiger partial charge in [-0.25, -0.2) is 0 Å². The van der Waals surface area contributed by atoms with Gasteiger partial charge in [-0.3, -0.25) is 0 Å². The van der Waals surface area contributed by atoms with Crippen molar-refractivity contribution in [3.8, 4) is 0 Å². The van der Waals surface area contributed by atoms with E-state index in [9.17, 15) is 0 Å². The molecule has 0 unspecified atom stereocenters. The average Bonchev–Trinajstić information content (AvgIpc) is 2.04. The molecule has 2 nitrogen and oxygen atoms in total. The van der Waals surface area contributed by atoms with Crippen molar-refractivity contribution in [3.63, 3.8) is 0 Å². The zero-order valence-electron chi connectivity index (χ0n) is 8.26. The van der Waals surface area contributed by atoms with E-state index in [1.807, 2.05) is 13.0 Å². The summed E-state index contributed by atoms with van der Waals surface area (Å²) in [7, 11) is 0. The molecule has 0 amide bonds. The van der Waals surface area contributed by atoms with E-state index >= 15 is 0 Å². The SMILES string of the molecule is C/C=C\OC(CCCN)=C(C)C. The number of allylic oxidation sites excluding steroid dienone is 3. The monoisotopic (exact) mass is 169 g/mol. The Balaban J connectivity index is 3.97. The van der Waals surface area contributed by atoms with Crippen molar-refractivity contribution in [1.82, 2.24) is 0 Å². The number of rotatable bonds is 5. The Labute approximate surface area is 75.1 Å². The molecule has 0 aliphatic rings. The number of hydrogen-bond donors (Lipinski definition) is 1. The maximum absolute atomic E-state index is 5.41. The Morgan fingerprint density at radius 1 is 1.42 bits per heavy atom. The van der Waals surface area contributed by atoms with Crippen molar-refractivity contribution < 1.29 is 4.74 Å². The summed E-state index contributed by atoms with van der Waals surface area (Å²) < 4.78 is 5.40. The Morgan fingerprint density at radius 3 is 2.50 bits per heavy atom. The first-order valence-electron chi connectivity index (χ1n) is 4.36. The third kappa shape index (κ3) is 4.97. The minimum absolute atomic E-state index is 0.718. The number of hydrogen-bond acceptors (Lipinski definition) is 2. The fraction of sp³-hybridized carbons (Fsp3) is 0.600. The third-order valence-electron chi connectivity index (χ3n) is 1.51. The molecule has 0 bridgehead atoms. The molecule has 12 heavy (non-hydrogen) atoms. The Morgan fingerprint density at radius 2 is 2.08 bits per heavy atom. The van der Waals surface area contributed by atoms with Gasteiger partial charge in [0.05, 0.1) is 6.26 Å². The van der Waals surface area contributed by atoms with Gasteiger partial charge in [-0.05, 0) is 39.3 Å². The predicted octanol–water partition coefficient (Wildman–Crippen LogP) is 2.57. The highest BCUT2D eigenvalue weighted by molar-refractivity contribution is 5.03. The van der Waals surface area contributed by atoms with Gasteiger partial charge >= 0.3 is 0 Å². The summed E-state index contributed by atoms with van der Waals surface area (Å²) in [5, 5.41) is 0. The van der Waals surface area contributed by atoms with Crippen molar-refractivity contribution in [2.24, 2.45) is 5.73 Å². The fourth-order valence-electron chi connectivity index (χ4n) is 0.840. The maximum Gasteiger partial charge on any atom is 0.102 e. The fourth-order valence-corrected chi connectivity index (χ4v) is 0.840. The molecule has 0 rings (SSSR count). The second kappa shape index (κ2) is 6.92. The van der Waals surface area contributed by atoms with Crippen molar-refractivity contribution in [2.45, 2.75) is 33.6 Å². The second-order valence-corrected chi connectivity index (χ2v) is 2.90. The van der Waals surface area contributed by atoms with Crippen LogP contribution in [0.25, 0.3) is 0 Å². The summed E-state index contributed by atoms with van der Waals surface area (Å²) in [6.07, 6.45) is 5.51. The highest BCUT2D eigenvalue weighted by Crippen LogP contribution is 2.12. The van der Waals surface area contributed by atoms with Crippen molar-refractivity contribution in [3.05, 3.63) is 23.7 Å². The summed E-state index contributed by atoms with van der Waals surface area (Å²) in [6.45, 7) is 6.76. The van der Waals surface area contributed by atoms with E-state index in [4.69, 9.17) is 10.5 Å². The van der Waals surface area contributed by atoms with Crippen LogP contribution in [0.4, 0.5) is 0 Å². The van der Waals surface area contributed by atoms with Gasteiger partial charge in [-0.1, -0.05) is 6.08 Å². The smallest absolute Gasteiger partial charge is 0.102 e. The van der Waals surface area contributed by atoms with Crippen LogP contribution in [-0.2, 0) is 4.74 Å². The van der Waals surface area contributed by atoms with Crippen LogP contribution in [0.5, 0.6) is 0 Å². The molecule has 0 spiro atoms. The zero-order valence-corrected chi connectivity index (χ0v) is 8.26. The third-order valence-corrected chi connectivity index (χ3v) is 1.51. The van der Waals surface area contributed by atoms with Crippen LogP contribution in [0.3, 0.4) is 0 Å². The molecule has 0 aromatic rings. The van der Waals surface area contributed by atoms with Gasteiger partial charge in [0, 0.05) is 6.42 Å². The molecule has 0 radical (unpaired) electrons. The summed E-state index contributed by atoms with van der Waals surface area (Å²) in [6, 6.07) is 0. The van der Waals surface area contributed by atoms with E-state index in [0.717, 1.165) is 25.1 Å². The van der Waals surface area contributed by atoms with E-state index in [1.165, 1.54) is 5.57 Å². The highest BCUT2D eigenvalue weighted by Gasteiger charge is 1.98. The van der Waals surface area contributed by atoms with Gasteiger partial charge in [-0.15, -0.1) is 0 Å². The molecule has 0 aliphatic carbocycles. The van der Waals surface area contributed by atoms with E-state index < -0.39 is 0 Å². The Kier molecular flexibility index (Phi) is 6.48. The summed E-state index contributed by atoms with van der Waals surface area (Å²) in [5.74, 6) is 1.04. The van der Waals surface area contributed by atoms with Crippen LogP contribution >= 0.6 is 0 Å². The van der Waals surface area contributed by atoms with Crippen LogP contribution in [0.15, 0.2) is 23.7 Å². The molecule has 0 aromatic heterocycles. The van der Waals surface area contributed by atoms with Crippen LogP contribution in [0, 0.1) is 0 Å². The first kappa shape index (κ1) is 11.2. The minimum atomic E-state index is 0.718. The molecular weight excluding hydrogens is 150 g/mol. The second-order valence-electron chi connectivity index (χ2n) is 2.90. The van der Waals surface area contributed by atoms with Crippen molar-refractivity contribution in [1.29, 1.82) is 0 Å². The molecule has 0 aliphatic heterocycles. The van der Waals surface area contributed by atoms with Crippen LogP contribution in [-0.4, -0.2) is 6.54 Å². The van der Waals surface area contributed by atoms with Gasteiger partial charge < -0.3 is 10.5 Å². The normalized spacial score (nSPS) is 10.3. The molecule has 0 saturated carbocycles. The largest absolute Gasteiger partial charge is 0.470 e. The molecule has 70 valence electrons. The first-order valence-corrected chi connectivity index (χ1v) is 4.36. The van der Waals surface area contributed by atoms with Gasteiger partial charge in [0.1, 0.15) is 5.76 Å². The molecule has 0 fully saturated rings. The van der Waals surface area contributed by atoms with Gasteiger partial charge in [0.25, 0.3) is 0 Å². The number of ether oxygens (including phenoxy) is 1. The summed E-state index contributed by atoms with van der Waals surface area (Å²) in [5.41, 5.74) is 6.63. The topological polar surface area (TPSA) is 35.2 Å². The van der Waals surface area contributed by atoms with Gasteiger partial charge in [0.2, 0.25) is 0 Å². The van der Waals surface area contributed by atoms with Crippen molar-refractivity contribution in [2.75, 3.05) is 6.54 Å². The van der Waals surface area contributed by atoms with Crippen LogP contribution in [0.1, 0.15) is 33.6 Å². The zero-order chi connectivity index (χ0) is 9.40. The lowest BCUT2D eigenvalue weighted by atomic mass is 10.2.